The molecule has 1 aromatic heterocycles. The predicted octanol–water partition coefficient (Wildman–Crippen LogP) is 5.67. The van der Waals surface area contributed by atoms with Gasteiger partial charge in [-0.3, -0.25) is 14.2 Å². The van der Waals surface area contributed by atoms with E-state index in [0.717, 1.165) is 11.1 Å². The molecule has 7 nitrogen and oxygen atoms in total. The van der Waals surface area contributed by atoms with E-state index >= 15 is 0 Å². The van der Waals surface area contributed by atoms with Crippen LogP contribution in [0.2, 0.25) is 5.02 Å². The molecule has 5 rings (SSSR count). The maximum absolute atomic E-state index is 14.1. The number of anilines is 1. The van der Waals surface area contributed by atoms with Crippen LogP contribution in [0.25, 0.3) is 6.08 Å². The third-order valence-corrected chi connectivity index (χ3v) is 8.33. The Morgan fingerprint density at radius 1 is 1.19 bits per heavy atom. The average molecular weight is 612 g/mol. The molecule has 1 aliphatic rings. The number of nitrogens with one attached hydrogen (secondary N) is 1. The average Bonchev–Trinajstić information content (AvgIpc) is 3.29. The maximum Gasteiger partial charge on any atom is 0.271 e. The van der Waals surface area contributed by atoms with E-state index in [1.165, 1.54) is 18.4 Å². The lowest BCUT2D eigenvalue weighted by atomic mass is 9.93. The number of hydrogen-bond donors (Lipinski definition) is 1. The third-order valence-electron chi connectivity index (χ3n) is 7.07. The highest BCUT2D eigenvalue weighted by Gasteiger charge is 2.32. The molecular formula is C34H30ClN3O4S. The molecule has 1 aliphatic heterocycles. The highest BCUT2D eigenvalue weighted by atomic mass is 35.5. The predicted molar refractivity (Wildman–Crippen MR) is 172 cm³/mol. The number of carbonyl (C=O) groups excluding carboxylic acids is 1. The number of benzene rings is 3. The number of fused-ring (bicyclic) bond motifs is 1. The molecule has 0 aliphatic carbocycles. The van der Waals surface area contributed by atoms with Crippen LogP contribution < -0.4 is 29.7 Å². The Hall–Kier alpha value is -4.58. The molecule has 0 fully saturated rings. The number of halogens is 1. The normalized spacial score (nSPS) is 14.6. The van der Waals surface area contributed by atoms with Crippen molar-refractivity contribution >= 4 is 40.6 Å². The maximum atomic E-state index is 14.1. The van der Waals surface area contributed by atoms with Gasteiger partial charge in [0.05, 0.1) is 34.0 Å². The van der Waals surface area contributed by atoms with Gasteiger partial charge in [0.1, 0.15) is 6.61 Å². The Balaban J connectivity index is 1.65. The minimum atomic E-state index is -0.680. The van der Waals surface area contributed by atoms with Crippen LogP contribution in [0.1, 0.15) is 49.4 Å². The molecule has 0 spiro atoms. The van der Waals surface area contributed by atoms with Crippen molar-refractivity contribution in [1.82, 2.24) is 4.57 Å². The number of allylic oxidation sites excluding steroid dienone is 1. The zero-order valence-corrected chi connectivity index (χ0v) is 25.8. The summed E-state index contributed by atoms with van der Waals surface area (Å²) >= 11 is 7.73. The van der Waals surface area contributed by atoms with Crippen molar-refractivity contribution in [1.29, 1.82) is 0 Å². The van der Waals surface area contributed by atoms with Crippen molar-refractivity contribution in [3.05, 3.63) is 119 Å². The number of thiazole rings is 1. The van der Waals surface area contributed by atoms with Gasteiger partial charge in [-0.2, -0.15) is 0 Å². The molecule has 1 atom stereocenters. The quantitative estimate of drug-likeness (QED) is 0.260. The Kier molecular flexibility index (Phi) is 8.86. The number of ether oxygens (including phenoxy) is 2. The first-order valence-electron chi connectivity index (χ1n) is 13.6. The van der Waals surface area contributed by atoms with Crippen LogP contribution in [-0.4, -0.2) is 24.2 Å². The second kappa shape index (κ2) is 12.7. The standard InChI is InChI=1S/C34H30ClN3O4S/c1-6-16-42-31-26(35)17-22(18-27(31)41-5)19-28-33(40)38-30(24-14-12-23(13-15-24)20(2)3)29(21(4)36-34(38)43-28)32(39)37-25-10-8-7-9-11-25/h1,7-15,17-20,30H,16H2,2-5H3,(H,37,39)/b28-19-/t30-/m1/s1. The van der Waals surface area contributed by atoms with Crippen LogP contribution in [0.15, 0.2) is 87.8 Å². The minimum absolute atomic E-state index is 0.0334. The first-order chi connectivity index (χ1) is 20.7. The van der Waals surface area contributed by atoms with Crippen molar-refractivity contribution in [2.24, 2.45) is 4.99 Å². The van der Waals surface area contributed by atoms with Gasteiger partial charge in [-0.15, -0.1) is 6.42 Å². The molecule has 43 heavy (non-hydrogen) atoms. The van der Waals surface area contributed by atoms with Gasteiger partial charge in [-0.25, -0.2) is 4.99 Å². The molecule has 1 amide bonds. The van der Waals surface area contributed by atoms with E-state index in [2.05, 4.69) is 25.1 Å². The number of aromatic nitrogens is 1. The van der Waals surface area contributed by atoms with Crippen molar-refractivity contribution in [2.75, 3.05) is 19.0 Å². The topological polar surface area (TPSA) is 81.9 Å². The number of hydrogen-bond acceptors (Lipinski definition) is 6. The molecule has 9 heteroatoms. The molecular weight excluding hydrogens is 582 g/mol. The first kappa shape index (κ1) is 29.9. The minimum Gasteiger partial charge on any atom is -0.493 e. The van der Waals surface area contributed by atoms with Gasteiger partial charge in [0, 0.05) is 5.69 Å². The van der Waals surface area contributed by atoms with Gasteiger partial charge in [0.2, 0.25) is 0 Å². The summed E-state index contributed by atoms with van der Waals surface area (Å²) in [6, 6.07) is 20.0. The van der Waals surface area contributed by atoms with E-state index in [0.29, 0.717) is 54.3 Å². The van der Waals surface area contributed by atoms with Gasteiger partial charge in [0.15, 0.2) is 16.3 Å². The van der Waals surface area contributed by atoms with Crippen LogP contribution in [0.5, 0.6) is 11.5 Å². The number of carbonyl (C=O) groups is 1. The molecule has 4 aromatic rings. The number of nitrogens with zero attached hydrogens (tertiary/aromatic N) is 2. The molecule has 0 bridgehead atoms. The fourth-order valence-electron chi connectivity index (χ4n) is 4.94. The monoisotopic (exact) mass is 611 g/mol. The molecule has 0 saturated carbocycles. The summed E-state index contributed by atoms with van der Waals surface area (Å²) in [6.45, 7) is 6.07. The van der Waals surface area contributed by atoms with E-state index in [1.807, 2.05) is 54.6 Å². The number of terminal acetylenes is 1. The van der Waals surface area contributed by atoms with Crippen LogP contribution in [0.4, 0.5) is 5.69 Å². The third kappa shape index (κ3) is 6.14. The van der Waals surface area contributed by atoms with E-state index in [1.54, 1.807) is 29.7 Å². The second-order valence-electron chi connectivity index (χ2n) is 10.3. The van der Waals surface area contributed by atoms with Gasteiger partial charge in [0.25, 0.3) is 11.5 Å². The summed E-state index contributed by atoms with van der Waals surface area (Å²) in [5.74, 6) is 3.14. The molecule has 2 heterocycles. The van der Waals surface area contributed by atoms with Crippen LogP contribution in [0.3, 0.4) is 0 Å². The van der Waals surface area contributed by atoms with Crippen molar-refractivity contribution in [2.45, 2.75) is 32.7 Å². The van der Waals surface area contributed by atoms with Gasteiger partial charge in [-0.1, -0.05) is 85.2 Å². The first-order valence-corrected chi connectivity index (χ1v) is 14.8. The van der Waals surface area contributed by atoms with Gasteiger partial charge < -0.3 is 14.8 Å². The van der Waals surface area contributed by atoms with E-state index in [-0.39, 0.29) is 18.1 Å². The van der Waals surface area contributed by atoms with Gasteiger partial charge in [-0.05, 0) is 59.9 Å². The summed E-state index contributed by atoms with van der Waals surface area (Å²) in [5.41, 5.74) is 3.92. The SMILES string of the molecule is C#CCOc1c(Cl)cc(/C=c2\sc3n(c2=O)[C@H](c2ccc(C(C)C)cc2)C(C(=O)Nc2ccccc2)=C(C)N=3)cc1OC. The number of amides is 1. The summed E-state index contributed by atoms with van der Waals surface area (Å²) in [4.78, 5) is 33.1. The fourth-order valence-corrected chi connectivity index (χ4v) is 6.26. The number of methoxy groups -OCH3 is 1. The summed E-state index contributed by atoms with van der Waals surface area (Å²) < 4.78 is 13.0. The van der Waals surface area contributed by atoms with Crippen LogP contribution in [0, 0.1) is 12.3 Å². The summed E-state index contributed by atoms with van der Waals surface area (Å²) in [6.07, 6.45) is 7.05. The highest BCUT2D eigenvalue weighted by Crippen LogP contribution is 2.37. The van der Waals surface area contributed by atoms with Crippen molar-refractivity contribution < 1.29 is 14.3 Å². The lowest BCUT2D eigenvalue weighted by Crippen LogP contribution is -2.40. The van der Waals surface area contributed by atoms with Crippen molar-refractivity contribution in [3.8, 4) is 23.8 Å². The Morgan fingerprint density at radius 2 is 1.91 bits per heavy atom. The molecule has 0 radical (unpaired) electrons. The van der Waals surface area contributed by atoms with Crippen LogP contribution in [-0.2, 0) is 4.79 Å². The Bertz CT molecular complexity index is 1930. The molecule has 3 aromatic carbocycles. The number of rotatable bonds is 8. The Labute approximate surface area is 258 Å². The lowest BCUT2D eigenvalue weighted by Gasteiger charge is -2.25. The Morgan fingerprint density at radius 3 is 2.56 bits per heavy atom. The zero-order chi connectivity index (χ0) is 30.7. The van der Waals surface area contributed by atoms with Crippen LogP contribution >= 0.6 is 22.9 Å². The zero-order valence-electron chi connectivity index (χ0n) is 24.2. The smallest absolute Gasteiger partial charge is 0.271 e. The van der Waals surface area contributed by atoms with E-state index in [4.69, 9.17) is 32.5 Å². The van der Waals surface area contributed by atoms with E-state index < -0.39 is 6.04 Å². The van der Waals surface area contributed by atoms with Gasteiger partial charge >= 0.3 is 0 Å². The number of para-hydroxylation sites is 1. The molecule has 0 saturated heterocycles. The molecule has 218 valence electrons. The highest BCUT2D eigenvalue weighted by molar-refractivity contribution is 7.07. The molecule has 0 unspecified atom stereocenters. The van der Waals surface area contributed by atoms with Crippen molar-refractivity contribution in [3.63, 3.8) is 0 Å². The summed E-state index contributed by atoms with van der Waals surface area (Å²) in [5, 5.41) is 3.28. The molecule has 1 N–H and O–H groups in total. The van der Waals surface area contributed by atoms with E-state index in [9.17, 15) is 9.59 Å². The largest absolute Gasteiger partial charge is 0.493 e. The summed E-state index contributed by atoms with van der Waals surface area (Å²) in [7, 11) is 1.50. The lowest BCUT2D eigenvalue weighted by molar-refractivity contribution is -0.113. The second-order valence-corrected chi connectivity index (χ2v) is 11.7. The fraction of sp³-hybridized carbons (Fsp3) is 0.206.